The smallest absolute Gasteiger partial charge is 0.354 e. The second-order valence-electron chi connectivity index (χ2n) is 5.41. The highest BCUT2D eigenvalue weighted by Gasteiger charge is 2.13. The zero-order valence-electron chi connectivity index (χ0n) is 14.5. The number of rotatable bonds is 7. The van der Waals surface area contributed by atoms with E-state index in [1.165, 1.54) is 18.4 Å². The number of benzene rings is 1. The van der Waals surface area contributed by atoms with Gasteiger partial charge in [-0.15, -0.1) is 11.3 Å². The van der Waals surface area contributed by atoms with Crippen molar-refractivity contribution >= 4 is 28.3 Å². The number of carbonyl (C=O) groups is 2. The Kier molecular flexibility index (Phi) is 5.68. The molecular formula is C19H17N3O4S. The third kappa shape index (κ3) is 4.42. The third-order valence-electron chi connectivity index (χ3n) is 3.59. The Labute approximate surface area is 159 Å². The van der Waals surface area contributed by atoms with Crippen molar-refractivity contribution < 1.29 is 19.1 Å². The number of H-pyrrole nitrogens is 1. The lowest BCUT2D eigenvalue weighted by Crippen LogP contribution is -2.11. The molecule has 3 aromatic rings. The molecule has 0 spiro atoms. The number of aromatic nitrogens is 2. The summed E-state index contributed by atoms with van der Waals surface area (Å²) in [5, 5.41) is 5.02. The van der Waals surface area contributed by atoms with Gasteiger partial charge in [0.05, 0.1) is 12.8 Å². The predicted octanol–water partition coefficient (Wildman–Crippen LogP) is 3.74. The lowest BCUT2D eigenvalue weighted by molar-refractivity contribution is 0.0594. The maximum atomic E-state index is 12.3. The van der Waals surface area contributed by atoms with Gasteiger partial charge in [0.1, 0.15) is 18.1 Å². The lowest BCUT2D eigenvalue weighted by atomic mass is 10.2. The first-order valence-corrected chi connectivity index (χ1v) is 8.86. The van der Waals surface area contributed by atoms with E-state index in [1.54, 1.807) is 48.0 Å². The standard InChI is InChI=1S/C19H17N3O4S/c1-3-8-26-14-6-4-12(5-7-14)17(23)22-19-21-16(11-27-19)13-9-15(20-10-13)18(24)25-2/h3-7,9-11,20H,1,8H2,2H3,(H,21,22,23). The summed E-state index contributed by atoms with van der Waals surface area (Å²) in [7, 11) is 1.32. The van der Waals surface area contributed by atoms with Gasteiger partial charge in [-0.1, -0.05) is 12.7 Å². The highest BCUT2D eigenvalue weighted by molar-refractivity contribution is 7.14. The summed E-state index contributed by atoms with van der Waals surface area (Å²) in [5.41, 5.74) is 2.21. The van der Waals surface area contributed by atoms with Gasteiger partial charge in [0, 0.05) is 22.7 Å². The van der Waals surface area contributed by atoms with Crippen LogP contribution in [0.15, 0.2) is 54.6 Å². The Morgan fingerprint density at radius 1 is 1.33 bits per heavy atom. The van der Waals surface area contributed by atoms with Gasteiger partial charge < -0.3 is 14.5 Å². The Morgan fingerprint density at radius 3 is 2.81 bits per heavy atom. The van der Waals surface area contributed by atoms with Crippen molar-refractivity contribution in [3.05, 3.63) is 65.8 Å². The average molecular weight is 383 g/mol. The molecule has 0 atom stereocenters. The molecule has 0 saturated heterocycles. The summed E-state index contributed by atoms with van der Waals surface area (Å²) in [5.74, 6) is -0.0575. The molecule has 0 aliphatic carbocycles. The van der Waals surface area contributed by atoms with Gasteiger partial charge >= 0.3 is 5.97 Å². The monoisotopic (exact) mass is 383 g/mol. The minimum absolute atomic E-state index is 0.268. The number of amides is 1. The van der Waals surface area contributed by atoms with Crippen LogP contribution in [0.3, 0.4) is 0 Å². The first kappa shape index (κ1) is 18.4. The topological polar surface area (TPSA) is 93.3 Å². The molecule has 0 saturated carbocycles. The van der Waals surface area contributed by atoms with E-state index in [1.807, 2.05) is 0 Å². The molecule has 0 radical (unpaired) electrons. The zero-order valence-corrected chi connectivity index (χ0v) is 15.3. The van der Waals surface area contributed by atoms with E-state index in [9.17, 15) is 9.59 Å². The van der Waals surface area contributed by atoms with Crippen LogP contribution in [0, 0.1) is 0 Å². The molecule has 0 aliphatic heterocycles. The molecule has 2 aromatic heterocycles. The Morgan fingerprint density at radius 2 is 2.11 bits per heavy atom. The van der Waals surface area contributed by atoms with E-state index >= 15 is 0 Å². The van der Waals surface area contributed by atoms with E-state index < -0.39 is 5.97 Å². The number of nitrogens with zero attached hydrogens (tertiary/aromatic N) is 1. The summed E-state index contributed by atoms with van der Waals surface area (Å²) < 4.78 is 10.1. The SMILES string of the molecule is C=CCOc1ccc(C(=O)Nc2nc(-c3c[nH]c(C(=O)OC)c3)cs2)cc1. The normalized spacial score (nSPS) is 10.3. The number of methoxy groups -OCH3 is 1. The van der Waals surface area contributed by atoms with Crippen molar-refractivity contribution in [1.29, 1.82) is 0 Å². The predicted molar refractivity (Wildman–Crippen MR) is 103 cm³/mol. The third-order valence-corrected chi connectivity index (χ3v) is 4.35. The summed E-state index contributed by atoms with van der Waals surface area (Å²) in [6.45, 7) is 3.99. The van der Waals surface area contributed by atoms with Gasteiger partial charge in [-0.05, 0) is 30.3 Å². The van der Waals surface area contributed by atoms with E-state index in [4.69, 9.17) is 4.74 Å². The summed E-state index contributed by atoms with van der Waals surface area (Å²) in [4.78, 5) is 31.1. The van der Waals surface area contributed by atoms with Gasteiger partial charge in [0.15, 0.2) is 5.13 Å². The molecule has 2 N–H and O–H groups in total. The number of aromatic amines is 1. The van der Waals surface area contributed by atoms with Crippen molar-refractivity contribution in [3.8, 4) is 17.0 Å². The largest absolute Gasteiger partial charge is 0.490 e. The number of esters is 1. The maximum Gasteiger partial charge on any atom is 0.354 e. The second-order valence-corrected chi connectivity index (χ2v) is 6.27. The van der Waals surface area contributed by atoms with E-state index in [-0.39, 0.29) is 5.91 Å². The Balaban J connectivity index is 1.66. The number of ether oxygens (including phenoxy) is 2. The van der Waals surface area contributed by atoms with Crippen molar-refractivity contribution in [2.75, 3.05) is 19.0 Å². The number of carbonyl (C=O) groups excluding carboxylic acids is 2. The van der Waals surface area contributed by atoms with E-state index in [0.717, 1.165) is 5.56 Å². The van der Waals surface area contributed by atoms with Crippen LogP contribution in [0.4, 0.5) is 5.13 Å². The van der Waals surface area contributed by atoms with Crippen LogP contribution in [0.2, 0.25) is 0 Å². The molecule has 2 heterocycles. The highest BCUT2D eigenvalue weighted by atomic mass is 32.1. The molecule has 0 bridgehead atoms. The number of anilines is 1. The molecule has 3 rings (SSSR count). The quantitative estimate of drug-likeness (QED) is 0.479. The van der Waals surface area contributed by atoms with E-state index in [0.29, 0.717) is 34.4 Å². The molecule has 27 heavy (non-hydrogen) atoms. The molecule has 1 amide bonds. The molecule has 0 aliphatic rings. The molecule has 8 heteroatoms. The summed E-state index contributed by atoms with van der Waals surface area (Å²) in [6, 6.07) is 8.45. The van der Waals surface area contributed by atoms with Gasteiger partial charge in [-0.3, -0.25) is 10.1 Å². The number of hydrogen-bond donors (Lipinski definition) is 2. The van der Waals surface area contributed by atoms with Crippen molar-refractivity contribution in [2.24, 2.45) is 0 Å². The first-order chi connectivity index (χ1) is 13.1. The maximum absolute atomic E-state index is 12.3. The first-order valence-electron chi connectivity index (χ1n) is 7.98. The minimum Gasteiger partial charge on any atom is -0.490 e. The number of hydrogen-bond acceptors (Lipinski definition) is 6. The fraction of sp³-hybridized carbons (Fsp3) is 0.105. The van der Waals surface area contributed by atoms with Crippen molar-refractivity contribution in [1.82, 2.24) is 9.97 Å². The van der Waals surface area contributed by atoms with Gasteiger partial charge in [-0.2, -0.15) is 0 Å². The molecular weight excluding hydrogens is 366 g/mol. The number of thiazole rings is 1. The Hall–Kier alpha value is -3.39. The van der Waals surface area contributed by atoms with Gasteiger partial charge in [0.2, 0.25) is 0 Å². The summed E-state index contributed by atoms with van der Waals surface area (Å²) >= 11 is 1.30. The van der Waals surface area contributed by atoms with Gasteiger partial charge in [0.25, 0.3) is 5.91 Å². The van der Waals surface area contributed by atoms with Gasteiger partial charge in [-0.25, -0.2) is 9.78 Å². The minimum atomic E-state index is -0.453. The van der Waals surface area contributed by atoms with Crippen molar-refractivity contribution in [3.63, 3.8) is 0 Å². The molecule has 138 valence electrons. The molecule has 1 aromatic carbocycles. The fourth-order valence-corrected chi connectivity index (χ4v) is 2.98. The zero-order chi connectivity index (χ0) is 19.2. The van der Waals surface area contributed by atoms with Crippen LogP contribution in [0.25, 0.3) is 11.3 Å². The highest BCUT2D eigenvalue weighted by Crippen LogP contribution is 2.26. The van der Waals surface area contributed by atoms with E-state index in [2.05, 4.69) is 26.6 Å². The second kappa shape index (κ2) is 8.33. The summed E-state index contributed by atoms with van der Waals surface area (Å²) in [6.07, 6.45) is 3.31. The van der Waals surface area contributed by atoms with Crippen LogP contribution in [-0.4, -0.2) is 35.6 Å². The van der Waals surface area contributed by atoms with Crippen LogP contribution >= 0.6 is 11.3 Å². The fourth-order valence-electron chi connectivity index (χ4n) is 2.26. The molecule has 7 nitrogen and oxygen atoms in total. The van der Waals surface area contributed by atoms with Crippen LogP contribution in [0.5, 0.6) is 5.75 Å². The molecule has 0 unspecified atom stereocenters. The van der Waals surface area contributed by atoms with Crippen LogP contribution < -0.4 is 10.1 Å². The average Bonchev–Trinajstić information content (AvgIpc) is 3.35. The molecule has 0 fully saturated rings. The van der Waals surface area contributed by atoms with Crippen molar-refractivity contribution in [2.45, 2.75) is 0 Å². The lowest BCUT2D eigenvalue weighted by Gasteiger charge is -2.05. The van der Waals surface area contributed by atoms with Crippen LogP contribution in [0.1, 0.15) is 20.8 Å². The van der Waals surface area contributed by atoms with Crippen LogP contribution in [-0.2, 0) is 4.74 Å². The number of nitrogens with one attached hydrogen (secondary N) is 2. The Bertz CT molecular complexity index is 960.